The summed E-state index contributed by atoms with van der Waals surface area (Å²) in [5.41, 5.74) is 1.07. The van der Waals surface area contributed by atoms with Crippen molar-refractivity contribution in [1.82, 2.24) is 9.78 Å². The maximum atomic E-state index is 13.2. The molecule has 2 aromatic heterocycles. The molecule has 0 saturated carbocycles. The first kappa shape index (κ1) is 22.9. The van der Waals surface area contributed by atoms with E-state index in [1.54, 1.807) is 41.0 Å². The van der Waals surface area contributed by atoms with E-state index < -0.39 is 31.0 Å². The number of carbonyl (C=O) groups excluding carboxylic acids is 1. The van der Waals surface area contributed by atoms with Crippen molar-refractivity contribution < 1.29 is 21.6 Å². The zero-order valence-corrected chi connectivity index (χ0v) is 19.9. The van der Waals surface area contributed by atoms with Crippen LogP contribution < -0.4 is 4.31 Å². The van der Waals surface area contributed by atoms with Crippen LogP contribution in [0.1, 0.15) is 34.9 Å². The molecule has 12 heteroatoms. The first-order valence-electron chi connectivity index (χ1n) is 8.20. The molecule has 0 spiro atoms. The van der Waals surface area contributed by atoms with Gasteiger partial charge in [-0.1, -0.05) is 0 Å². The van der Waals surface area contributed by atoms with Crippen molar-refractivity contribution in [2.24, 2.45) is 7.05 Å². The first-order chi connectivity index (χ1) is 12.7. The van der Waals surface area contributed by atoms with Gasteiger partial charge in [0.2, 0.25) is 10.0 Å². The monoisotopic (exact) mass is 465 g/mol. The van der Waals surface area contributed by atoms with Crippen LogP contribution >= 0.6 is 23.1 Å². The number of thiophene rings is 1. The second-order valence-electron chi connectivity index (χ2n) is 6.54. The molecule has 2 heterocycles. The molecule has 2 rings (SSSR count). The van der Waals surface area contributed by atoms with Crippen LogP contribution in [0.3, 0.4) is 0 Å². The smallest absolute Gasteiger partial charge is 0.270 e. The van der Waals surface area contributed by atoms with Gasteiger partial charge in [0.1, 0.15) is 5.69 Å². The number of thioether (sulfide) groups is 1. The number of carbonyl (C=O) groups is 1. The average molecular weight is 466 g/mol. The Bertz CT molecular complexity index is 1130. The van der Waals surface area contributed by atoms with Crippen LogP contribution in [-0.2, 0) is 26.9 Å². The van der Waals surface area contributed by atoms with Crippen LogP contribution in [0.2, 0.25) is 0 Å². The summed E-state index contributed by atoms with van der Waals surface area (Å²) in [5, 5.41) is 3.52. The molecule has 0 N–H and O–H groups in total. The Hall–Kier alpha value is -1.37. The number of hydrogen-bond acceptors (Lipinski definition) is 8. The van der Waals surface area contributed by atoms with E-state index in [0.717, 1.165) is 17.6 Å². The Balaban J connectivity index is 2.70. The Kier molecular flexibility index (Phi) is 6.39. The summed E-state index contributed by atoms with van der Waals surface area (Å²) in [6.07, 6.45) is 2.65. The second-order valence-corrected chi connectivity index (χ2v) is 13.0. The summed E-state index contributed by atoms with van der Waals surface area (Å²) < 4.78 is 52.9. The summed E-state index contributed by atoms with van der Waals surface area (Å²) in [6.45, 7) is 6.40. The van der Waals surface area contributed by atoms with Crippen LogP contribution in [0.15, 0.2) is 15.2 Å². The van der Waals surface area contributed by atoms with Gasteiger partial charge in [0.25, 0.3) is 5.91 Å². The van der Waals surface area contributed by atoms with Gasteiger partial charge in [0.15, 0.2) is 9.84 Å². The molecule has 28 heavy (non-hydrogen) atoms. The highest BCUT2D eigenvalue weighted by molar-refractivity contribution is 8.01. The van der Waals surface area contributed by atoms with E-state index in [1.807, 2.05) is 0 Å². The Morgan fingerprint density at radius 1 is 1.25 bits per heavy atom. The molecule has 0 unspecified atom stereocenters. The number of aryl methyl sites for hydroxylation is 2. The average Bonchev–Trinajstić information content (AvgIpc) is 3.10. The summed E-state index contributed by atoms with van der Waals surface area (Å²) in [6, 6.07) is 1.27. The molecule has 0 radical (unpaired) electrons. The van der Waals surface area contributed by atoms with Crippen LogP contribution in [0.25, 0.3) is 0 Å². The molecular formula is C16H23N3O5S4. The van der Waals surface area contributed by atoms with Gasteiger partial charge < -0.3 is 0 Å². The fourth-order valence-electron chi connectivity index (χ4n) is 2.63. The van der Waals surface area contributed by atoms with E-state index in [1.165, 1.54) is 22.5 Å². The number of aromatic nitrogens is 2. The minimum atomic E-state index is -3.98. The summed E-state index contributed by atoms with van der Waals surface area (Å²) in [5.74, 6) is -0.799. The molecule has 0 aromatic carbocycles. The normalized spacial score (nSPS) is 12.6. The van der Waals surface area contributed by atoms with E-state index in [0.29, 0.717) is 19.9 Å². The highest BCUT2D eigenvalue weighted by Gasteiger charge is 2.34. The van der Waals surface area contributed by atoms with E-state index in [4.69, 9.17) is 0 Å². The quantitative estimate of drug-likeness (QED) is 0.604. The molecule has 156 valence electrons. The molecule has 0 saturated heterocycles. The van der Waals surface area contributed by atoms with Crippen molar-refractivity contribution in [3.63, 3.8) is 0 Å². The molecule has 0 atom stereocenters. The van der Waals surface area contributed by atoms with Gasteiger partial charge in [-0.25, -0.2) is 16.8 Å². The molecule has 0 aliphatic carbocycles. The SMILES string of the molecule is CSc1sc(C(=O)N(c2c(C)nn(C)c2C)S(C)(=O)=O)cc1S(=O)(=O)C(C)C. The lowest BCUT2D eigenvalue weighted by molar-refractivity contribution is 0.101. The maximum Gasteiger partial charge on any atom is 0.282 e. The Morgan fingerprint density at radius 3 is 2.21 bits per heavy atom. The zero-order valence-electron chi connectivity index (χ0n) is 16.7. The number of sulfonamides is 1. The largest absolute Gasteiger partial charge is 0.282 e. The van der Waals surface area contributed by atoms with Crippen LogP contribution in [0, 0.1) is 13.8 Å². The number of anilines is 1. The second kappa shape index (κ2) is 7.81. The van der Waals surface area contributed by atoms with Crippen LogP contribution in [0.5, 0.6) is 0 Å². The number of nitrogens with zero attached hydrogens (tertiary/aromatic N) is 3. The Labute approximate surface area is 173 Å². The predicted molar refractivity (Wildman–Crippen MR) is 113 cm³/mol. The number of amides is 1. The molecular weight excluding hydrogens is 442 g/mol. The summed E-state index contributed by atoms with van der Waals surface area (Å²) in [7, 11) is -5.94. The third-order valence-corrected chi connectivity index (χ3v) is 9.88. The van der Waals surface area contributed by atoms with E-state index in [9.17, 15) is 21.6 Å². The van der Waals surface area contributed by atoms with Crippen molar-refractivity contribution >= 4 is 54.6 Å². The molecule has 1 amide bonds. The topological polar surface area (TPSA) is 106 Å². The van der Waals surface area contributed by atoms with Crippen molar-refractivity contribution in [2.45, 2.75) is 42.0 Å². The molecule has 0 aliphatic rings. The van der Waals surface area contributed by atoms with E-state index >= 15 is 0 Å². The minimum Gasteiger partial charge on any atom is -0.270 e. The molecule has 2 aromatic rings. The van der Waals surface area contributed by atoms with Crippen molar-refractivity contribution in [2.75, 3.05) is 16.8 Å². The predicted octanol–water partition coefficient (Wildman–Crippen LogP) is 2.61. The van der Waals surface area contributed by atoms with Gasteiger partial charge in [-0.2, -0.15) is 9.40 Å². The van der Waals surface area contributed by atoms with Gasteiger partial charge in [0, 0.05) is 7.05 Å². The van der Waals surface area contributed by atoms with Gasteiger partial charge in [-0.3, -0.25) is 9.48 Å². The van der Waals surface area contributed by atoms with E-state index in [-0.39, 0.29) is 15.5 Å². The number of hydrogen-bond donors (Lipinski definition) is 0. The third kappa shape index (κ3) is 4.00. The van der Waals surface area contributed by atoms with Crippen molar-refractivity contribution in [3.8, 4) is 0 Å². The highest BCUT2D eigenvalue weighted by atomic mass is 32.2. The number of rotatable bonds is 6. The third-order valence-electron chi connectivity index (χ3n) is 4.18. The van der Waals surface area contributed by atoms with Crippen LogP contribution in [0.4, 0.5) is 5.69 Å². The lowest BCUT2D eigenvalue weighted by Crippen LogP contribution is -2.36. The fraction of sp³-hybridized carbons (Fsp3) is 0.500. The summed E-state index contributed by atoms with van der Waals surface area (Å²) in [4.78, 5) is 13.3. The van der Waals surface area contributed by atoms with Gasteiger partial charge in [-0.15, -0.1) is 23.1 Å². The summed E-state index contributed by atoms with van der Waals surface area (Å²) >= 11 is 2.18. The maximum absolute atomic E-state index is 13.2. The first-order valence-corrected chi connectivity index (χ1v) is 13.6. The molecule has 8 nitrogen and oxygen atoms in total. The fourth-order valence-corrected chi connectivity index (χ4v) is 7.43. The zero-order chi connectivity index (χ0) is 21.6. The lowest BCUT2D eigenvalue weighted by Gasteiger charge is -2.20. The van der Waals surface area contributed by atoms with Gasteiger partial charge in [-0.05, 0) is 40.0 Å². The van der Waals surface area contributed by atoms with Gasteiger partial charge in [0.05, 0.1) is 36.9 Å². The Morgan fingerprint density at radius 2 is 1.82 bits per heavy atom. The lowest BCUT2D eigenvalue weighted by atomic mass is 10.3. The van der Waals surface area contributed by atoms with E-state index in [2.05, 4.69) is 5.10 Å². The van der Waals surface area contributed by atoms with Crippen molar-refractivity contribution in [3.05, 3.63) is 22.3 Å². The minimum absolute atomic E-state index is 0.0386. The molecule has 0 aliphatic heterocycles. The number of sulfone groups is 1. The standard InChI is InChI=1S/C16H23N3O5S4/c1-9(2)28(23,24)13-8-12(26-16(13)25-6)15(20)19(27(7,21)22)14-10(3)17-18(5)11(14)4/h8-9H,1-7H3. The van der Waals surface area contributed by atoms with Crippen LogP contribution in [-0.4, -0.2) is 50.3 Å². The molecule has 0 fully saturated rings. The highest BCUT2D eigenvalue weighted by Crippen LogP contribution is 2.37. The molecule has 0 bridgehead atoms. The van der Waals surface area contributed by atoms with Gasteiger partial charge >= 0.3 is 0 Å². The van der Waals surface area contributed by atoms with Crippen molar-refractivity contribution in [1.29, 1.82) is 0 Å².